The number of rotatable bonds is 33. The van der Waals surface area contributed by atoms with Crippen molar-refractivity contribution in [3.63, 3.8) is 0 Å². The maximum Gasteiger partial charge on any atom is 0.479 e. The maximum absolute atomic E-state index is 8.33. The summed E-state index contributed by atoms with van der Waals surface area (Å²) in [6, 6.07) is 6.05. The van der Waals surface area contributed by atoms with Crippen molar-refractivity contribution in [2.24, 2.45) is 82.9 Å². The summed E-state index contributed by atoms with van der Waals surface area (Å²) < 4.78 is 196. The molecule has 0 spiro atoms. The highest BCUT2D eigenvalue weighted by molar-refractivity contribution is 7.05. The minimum absolute atomic E-state index is 0.00692. The van der Waals surface area contributed by atoms with Gasteiger partial charge in [0.2, 0.25) is 0 Å². The summed E-state index contributed by atoms with van der Waals surface area (Å²) in [6.45, 7) is 61.0. The van der Waals surface area contributed by atoms with Crippen LogP contribution in [0.1, 0.15) is 207 Å². The van der Waals surface area contributed by atoms with Gasteiger partial charge in [0, 0.05) is 96.7 Å². The van der Waals surface area contributed by atoms with Gasteiger partial charge in [-0.2, -0.15) is 0 Å². The molecular weight excluding hydrogens is 1550 g/mol. The molecule has 100 heavy (non-hydrogen) atoms. The van der Waals surface area contributed by atoms with E-state index in [0.717, 1.165) is 0 Å². The Morgan fingerprint density at radius 1 is 0.120 bits per heavy atom. The van der Waals surface area contributed by atoms with Crippen molar-refractivity contribution < 1.29 is 98.8 Å². The normalized spacial score (nSPS) is 43.3. The van der Waals surface area contributed by atoms with Crippen LogP contribution >= 0.6 is 0 Å². The van der Waals surface area contributed by atoms with Crippen LogP contribution in [0.15, 0.2) is 0 Å². The molecule has 0 aromatic carbocycles. The van der Waals surface area contributed by atoms with Gasteiger partial charge in [0.05, 0.1) is 0 Å². The summed E-state index contributed by atoms with van der Waals surface area (Å²) in [5, 5.41) is 0. The molecule has 0 unspecified atom stereocenters. The molecule has 12 rings (SSSR count). The van der Waals surface area contributed by atoms with Crippen molar-refractivity contribution in [3.8, 4) is 0 Å². The first-order chi connectivity index (χ1) is 46.0. The van der Waals surface area contributed by atoms with Gasteiger partial charge in [-0.25, -0.2) is 0 Å². The molecule has 0 N–H and O–H groups in total. The third-order valence-corrected chi connectivity index (χ3v) is 98.0. The monoisotopic (exact) mass is 1690 g/mol. The first-order valence-corrected chi connectivity index (χ1v) is 69.7. The average molecular weight is 1690 g/mol. The summed E-state index contributed by atoms with van der Waals surface area (Å²) in [4.78, 5) is 0. The van der Waals surface area contributed by atoms with E-state index in [1.165, 1.54) is 0 Å². The SMILES string of the molecule is CC(C)C[Si]12O[Si]3(CCCC[Si]45O[Si]6(CC(C)C)O[Si]7(CC(C)C)O[Si](CC(C)C)(O4)O[Si]4(CC(C)C)O[Si](CC(C)C)(O5)O[Si](CC(C)C)(O6)O[Si](CC(C)C)(O7)O4)O[Si]4(CC(C)C)O[Si](CC(C)C)(O1)O[Si]1(CC(C)C)O[Si](CC(C)C)(O2)O[Si](CC(C)C)(O3)O[Si](CC(C)C)(O4)O1. The van der Waals surface area contributed by atoms with Gasteiger partial charge in [-0.05, 0) is 95.7 Å². The molecular formula is C60H134O24Si16. The van der Waals surface area contributed by atoms with Crippen LogP contribution in [-0.2, 0) is 98.8 Å². The van der Waals surface area contributed by atoms with Crippen molar-refractivity contribution in [2.45, 2.75) is 303 Å². The molecule has 582 valence electrons. The molecule has 40 heteroatoms. The Hall–Kier alpha value is 2.51. The fourth-order valence-electron chi connectivity index (χ4n) is 16.4. The van der Waals surface area contributed by atoms with E-state index in [2.05, 4.69) is 194 Å². The van der Waals surface area contributed by atoms with E-state index >= 15 is 0 Å². The van der Waals surface area contributed by atoms with Crippen LogP contribution < -0.4 is 0 Å². The van der Waals surface area contributed by atoms with E-state index in [1.807, 2.05) is 0 Å². The van der Waals surface area contributed by atoms with Gasteiger partial charge in [0.15, 0.2) is 0 Å². The van der Waals surface area contributed by atoms with Gasteiger partial charge in [-0.1, -0.05) is 194 Å². The van der Waals surface area contributed by atoms with E-state index < -0.39 is 141 Å². The summed E-state index contributed by atoms with van der Waals surface area (Å²) in [6.07, 6.45) is 0.856. The third-order valence-electron chi connectivity index (χ3n) is 17.9. The van der Waals surface area contributed by atoms with Crippen LogP contribution in [0.5, 0.6) is 0 Å². The Bertz CT molecular complexity index is 2300. The molecule has 0 aromatic rings. The molecule has 0 atom stereocenters. The lowest BCUT2D eigenvalue weighted by molar-refractivity contribution is -0.0404. The van der Waals surface area contributed by atoms with Gasteiger partial charge in [0.1, 0.15) is 0 Å². The van der Waals surface area contributed by atoms with Crippen molar-refractivity contribution in [3.05, 3.63) is 0 Å². The Morgan fingerprint density at radius 2 is 0.190 bits per heavy atom. The van der Waals surface area contributed by atoms with Gasteiger partial charge >= 0.3 is 141 Å². The van der Waals surface area contributed by atoms with Gasteiger partial charge in [0.25, 0.3) is 0 Å². The molecule has 24 nitrogen and oxygen atoms in total. The second-order valence-corrected chi connectivity index (χ2v) is 85.1. The maximum atomic E-state index is 8.33. The van der Waals surface area contributed by atoms with Crippen LogP contribution in [0.3, 0.4) is 0 Å². The Balaban J connectivity index is 1.20. The molecule has 0 aliphatic carbocycles. The second-order valence-electron chi connectivity index (χ2n) is 37.0. The summed E-state index contributed by atoms with van der Waals surface area (Å²) in [5.74, 6) is 0.247. The van der Waals surface area contributed by atoms with Crippen LogP contribution in [0.25, 0.3) is 0 Å². The van der Waals surface area contributed by atoms with E-state index in [4.69, 9.17) is 98.8 Å². The average Bonchev–Trinajstić information content (AvgIpc) is 0.691. The van der Waals surface area contributed by atoms with Gasteiger partial charge in [-0.15, -0.1) is 0 Å². The van der Waals surface area contributed by atoms with Crippen molar-refractivity contribution in [2.75, 3.05) is 0 Å². The third kappa shape index (κ3) is 19.6. The van der Waals surface area contributed by atoms with E-state index in [9.17, 15) is 0 Å². The Labute approximate surface area is 621 Å². The fourth-order valence-corrected chi connectivity index (χ4v) is 120. The first kappa shape index (κ1) is 84.9. The topological polar surface area (TPSA) is 222 Å². The van der Waals surface area contributed by atoms with Crippen molar-refractivity contribution in [1.29, 1.82) is 0 Å². The largest absolute Gasteiger partial charge is 0.479 e. The molecule has 12 fully saturated rings. The lowest BCUT2D eigenvalue weighted by atomic mass is 10.3. The molecule has 12 saturated heterocycles. The Morgan fingerprint density at radius 3 is 0.260 bits per heavy atom. The number of hydrogen-bond donors (Lipinski definition) is 0. The van der Waals surface area contributed by atoms with E-state index in [-0.39, 0.29) is 94.9 Å². The van der Waals surface area contributed by atoms with E-state index in [1.54, 1.807) is 0 Å². The van der Waals surface area contributed by atoms with Crippen molar-refractivity contribution in [1.82, 2.24) is 0 Å². The zero-order valence-electron chi connectivity index (χ0n) is 66.6. The zero-order chi connectivity index (χ0) is 73.8. The zero-order valence-corrected chi connectivity index (χ0v) is 82.6. The lowest BCUT2D eigenvalue weighted by Crippen LogP contribution is -2.89. The molecule has 12 aliphatic heterocycles. The quantitative estimate of drug-likeness (QED) is 0.0440. The smallest absolute Gasteiger partial charge is 0.373 e. The van der Waals surface area contributed by atoms with Gasteiger partial charge < -0.3 is 98.8 Å². The second kappa shape index (κ2) is 30.8. The number of hydrogen-bond acceptors (Lipinski definition) is 24. The summed E-state index contributed by atoms with van der Waals surface area (Å²) in [7, 11) is -67.7. The molecule has 12 heterocycles. The summed E-state index contributed by atoms with van der Waals surface area (Å²) in [5.41, 5.74) is 0. The summed E-state index contributed by atoms with van der Waals surface area (Å²) >= 11 is 0. The standard InChI is InChI=1S/C60H134O24Si16/c1-47(2)33-87-61-85(62-88(34-48(3)4)69-93(67-87,39-53(13)14)79-99(45-59(25)26)80-94(68-87,40-54(15)16)70-89(63-85,35-49(5)6)72-95(71-88,81-99)41-55(17)18)31-29-30-32-86-64-90(36-50(7)8)73-96(42-56(19)20)75-91(65-86,37-51(9)10)77-98(44-58(23)24)78-92(66-86,38-52(11)12)76-97(74-90,43-57(21)22)83-100(82-96,84-98)46-60(27)28/h47-60H,29-46H2,1-28H3. The first-order valence-electron chi connectivity index (χ1n) is 38.8. The highest BCUT2D eigenvalue weighted by atomic mass is 28.6. The predicted molar refractivity (Wildman–Crippen MR) is 412 cm³/mol. The fraction of sp³-hybridized carbons (Fsp3) is 1.00. The molecule has 0 radical (unpaired) electrons. The van der Waals surface area contributed by atoms with E-state index in [0.29, 0.717) is 97.5 Å². The van der Waals surface area contributed by atoms with Gasteiger partial charge in [-0.3, -0.25) is 0 Å². The molecule has 0 amide bonds. The Kier molecular flexibility index (Phi) is 26.2. The molecule has 12 aliphatic rings. The van der Waals surface area contributed by atoms with Crippen LogP contribution in [0.2, 0.25) is 96.7 Å². The van der Waals surface area contributed by atoms with Crippen LogP contribution in [-0.4, -0.2) is 141 Å². The van der Waals surface area contributed by atoms with Crippen molar-refractivity contribution >= 4 is 141 Å². The van der Waals surface area contributed by atoms with Crippen LogP contribution in [0.4, 0.5) is 0 Å². The van der Waals surface area contributed by atoms with Crippen LogP contribution in [0, 0.1) is 82.9 Å². The molecule has 0 saturated carbocycles. The lowest BCUT2D eigenvalue weighted by Gasteiger charge is -2.64. The highest BCUT2D eigenvalue weighted by Crippen LogP contribution is 2.60. The highest BCUT2D eigenvalue weighted by Gasteiger charge is 2.86. The predicted octanol–water partition coefficient (Wildman–Crippen LogP) is 16.5. The number of unbranched alkanes of at least 4 members (excludes halogenated alkanes) is 1. The molecule has 16 bridgehead atoms. The molecule has 0 aromatic heterocycles. The minimum Gasteiger partial charge on any atom is -0.373 e. The minimum atomic E-state index is -4.45.